The summed E-state index contributed by atoms with van der Waals surface area (Å²) in [5.41, 5.74) is 4.03. The van der Waals surface area contributed by atoms with E-state index in [2.05, 4.69) is 23.7 Å². The number of benzene rings is 1. The molecule has 0 aliphatic carbocycles. The summed E-state index contributed by atoms with van der Waals surface area (Å²) in [7, 11) is 0. The third kappa shape index (κ3) is 1.10. The first-order valence-electron chi connectivity index (χ1n) is 3.73. The van der Waals surface area contributed by atoms with E-state index >= 15 is 0 Å². The van der Waals surface area contributed by atoms with Gasteiger partial charge in [-0.15, -0.1) is 0 Å². The van der Waals surface area contributed by atoms with Crippen molar-refractivity contribution >= 4 is 23.7 Å². The number of hydrogen-bond acceptors (Lipinski definition) is 3. The molecule has 0 saturated heterocycles. The fraction of sp³-hybridized carbons (Fsp3) is 0.222. The van der Waals surface area contributed by atoms with Gasteiger partial charge in [0.25, 0.3) is 5.22 Å². The molecule has 0 saturated carbocycles. The zero-order valence-electron chi connectivity index (χ0n) is 6.96. The van der Waals surface area contributed by atoms with Crippen molar-refractivity contribution in [3.05, 3.63) is 23.3 Å². The lowest BCUT2D eigenvalue weighted by Gasteiger charge is -1.94. The molecule has 0 spiro atoms. The van der Waals surface area contributed by atoms with Crippen LogP contribution in [0.25, 0.3) is 11.1 Å². The summed E-state index contributed by atoms with van der Waals surface area (Å²) in [5, 5.41) is 0.429. The van der Waals surface area contributed by atoms with Crippen molar-refractivity contribution in [1.29, 1.82) is 0 Å². The van der Waals surface area contributed by atoms with Gasteiger partial charge in [0.15, 0.2) is 5.58 Å². The van der Waals surface area contributed by atoms with Gasteiger partial charge in [-0.2, -0.15) is 0 Å². The summed E-state index contributed by atoms with van der Waals surface area (Å²) in [6.07, 6.45) is 0. The molecule has 0 aliphatic heterocycles. The fourth-order valence-electron chi connectivity index (χ4n) is 1.36. The van der Waals surface area contributed by atoms with E-state index in [0.717, 1.165) is 16.7 Å². The first kappa shape index (κ1) is 7.68. The molecule has 1 aromatic carbocycles. The Morgan fingerprint density at radius 1 is 1.33 bits per heavy atom. The number of fused-ring (bicyclic) bond motifs is 1. The van der Waals surface area contributed by atoms with Crippen LogP contribution in [0.3, 0.4) is 0 Å². The molecule has 2 nitrogen and oxygen atoms in total. The SMILES string of the molecule is Cc1cc(C)c2oc(S)nc2c1. The van der Waals surface area contributed by atoms with Crippen LogP contribution in [-0.4, -0.2) is 4.98 Å². The van der Waals surface area contributed by atoms with Crippen molar-refractivity contribution in [2.24, 2.45) is 0 Å². The summed E-state index contributed by atoms with van der Waals surface area (Å²) in [6.45, 7) is 4.05. The second-order valence-corrected chi connectivity index (χ2v) is 3.31. The smallest absolute Gasteiger partial charge is 0.253 e. The molecule has 0 unspecified atom stereocenters. The monoisotopic (exact) mass is 179 g/mol. The zero-order chi connectivity index (χ0) is 8.72. The highest BCUT2D eigenvalue weighted by atomic mass is 32.1. The van der Waals surface area contributed by atoms with Crippen LogP contribution in [0.5, 0.6) is 0 Å². The van der Waals surface area contributed by atoms with E-state index in [9.17, 15) is 0 Å². The molecular formula is C9H9NOS. The van der Waals surface area contributed by atoms with Crippen molar-refractivity contribution in [3.63, 3.8) is 0 Å². The van der Waals surface area contributed by atoms with E-state index in [1.54, 1.807) is 0 Å². The Morgan fingerprint density at radius 2 is 2.08 bits per heavy atom. The highest BCUT2D eigenvalue weighted by molar-refractivity contribution is 7.80. The molecule has 1 heterocycles. The normalized spacial score (nSPS) is 10.9. The number of aromatic nitrogens is 1. The van der Waals surface area contributed by atoms with Crippen LogP contribution in [0.1, 0.15) is 11.1 Å². The third-order valence-corrected chi connectivity index (χ3v) is 2.00. The summed E-state index contributed by atoms with van der Waals surface area (Å²) in [5.74, 6) is 0. The van der Waals surface area contributed by atoms with Gasteiger partial charge in [-0.25, -0.2) is 4.98 Å². The second-order valence-electron chi connectivity index (χ2n) is 2.93. The molecule has 0 atom stereocenters. The molecule has 0 radical (unpaired) electrons. The number of aryl methyl sites for hydroxylation is 2. The lowest BCUT2D eigenvalue weighted by atomic mass is 10.1. The molecule has 0 aliphatic rings. The van der Waals surface area contributed by atoms with Crippen molar-refractivity contribution < 1.29 is 4.42 Å². The molecule has 0 fully saturated rings. The molecule has 0 amide bonds. The largest absolute Gasteiger partial charge is 0.431 e. The summed E-state index contributed by atoms with van der Waals surface area (Å²) in [4.78, 5) is 4.13. The zero-order valence-corrected chi connectivity index (χ0v) is 7.85. The summed E-state index contributed by atoms with van der Waals surface area (Å²) in [6, 6.07) is 4.06. The number of nitrogens with zero attached hydrogens (tertiary/aromatic N) is 1. The fourth-order valence-corrected chi connectivity index (χ4v) is 1.56. The van der Waals surface area contributed by atoms with Gasteiger partial charge in [0.2, 0.25) is 0 Å². The minimum atomic E-state index is 0.429. The van der Waals surface area contributed by atoms with E-state index in [1.165, 1.54) is 5.56 Å². The van der Waals surface area contributed by atoms with Gasteiger partial charge in [-0.05, 0) is 31.0 Å². The Balaban J connectivity index is 2.88. The van der Waals surface area contributed by atoms with Crippen LogP contribution in [0.15, 0.2) is 21.8 Å². The average Bonchev–Trinajstić information content (AvgIpc) is 2.29. The van der Waals surface area contributed by atoms with Crippen LogP contribution in [-0.2, 0) is 0 Å². The van der Waals surface area contributed by atoms with Crippen LogP contribution in [0.4, 0.5) is 0 Å². The average molecular weight is 179 g/mol. The Morgan fingerprint density at radius 3 is 2.83 bits per heavy atom. The first-order chi connectivity index (χ1) is 5.66. The molecule has 3 heteroatoms. The van der Waals surface area contributed by atoms with Crippen molar-refractivity contribution in [3.8, 4) is 0 Å². The van der Waals surface area contributed by atoms with Gasteiger partial charge in [0, 0.05) is 0 Å². The van der Waals surface area contributed by atoms with E-state index in [1.807, 2.05) is 19.9 Å². The van der Waals surface area contributed by atoms with Crippen molar-refractivity contribution in [2.45, 2.75) is 19.1 Å². The summed E-state index contributed by atoms with van der Waals surface area (Å²) >= 11 is 4.05. The lowest BCUT2D eigenvalue weighted by Crippen LogP contribution is -1.77. The maximum Gasteiger partial charge on any atom is 0.253 e. The second kappa shape index (κ2) is 2.52. The molecule has 0 bridgehead atoms. The lowest BCUT2D eigenvalue weighted by molar-refractivity contribution is 0.490. The molecule has 12 heavy (non-hydrogen) atoms. The van der Waals surface area contributed by atoms with Gasteiger partial charge >= 0.3 is 0 Å². The Hall–Kier alpha value is -0.960. The number of hydrogen-bond donors (Lipinski definition) is 1. The highest BCUT2D eigenvalue weighted by Gasteiger charge is 2.05. The predicted octanol–water partition coefficient (Wildman–Crippen LogP) is 2.73. The number of thiol groups is 1. The maximum atomic E-state index is 5.31. The van der Waals surface area contributed by atoms with Crippen molar-refractivity contribution in [1.82, 2.24) is 4.98 Å². The Kier molecular flexibility index (Phi) is 1.61. The van der Waals surface area contributed by atoms with Gasteiger partial charge < -0.3 is 4.42 Å². The molecule has 2 rings (SSSR count). The standard InChI is InChI=1S/C9H9NOS/c1-5-3-6(2)8-7(4-5)10-9(12)11-8/h3-4H,1-2H3,(H,10,12). The minimum Gasteiger partial charge on any atom is -0.431 e. The van der Waals surface area contributed by atoms with E-state index in [-0.39, 0.29) is 0 Å². The van der Waals surface area contributed by atoms with Gasteiger partial charge in [-0.1, -0.05) is 18.7 Å². The van der Waals surface area contributed by atoms with E-state index in [4.69, 9.17) is 4.42 Å². The van der Waals surface area contributed by atoms with Crippen LogP contribution in [0, 0.1) is 13.8 Å². The molecule has 62 valence electrons. The quantitative estimate of drug-likeness (QED) is 0.629. The maximum absolute atomic E-state index is 5.31. The van der Waals surface area contributed by atoms with Crippen molar-refractivity contribution in [2.75, 3.05) is 0 Å². The number of oxazole rings is 1. The van der Waals surface area contributed by atoms with Crippen LogP contribution < -0.4 is 0 Å². The highest BCUT2D eigenvalue weighted by Crippen LogP contribution is 2.22. The van der Waals surface area contributed by atoms with E-state index < -0.39 is 0 Å². The topological polar surface area (TPSA) is 26.0 Å². The molecular weight excluding hydrogens is 170 g/mol. The molecule has 0 N–H and O–H groups in total. The minimum absolute atomic E-state index is 0.429. The molecule has 2 aromatic rings. The van der Waals surface area contributed by atoms with Gasteiger partial charge in [-0.3, -0.25) is 0 Å². The van der Waals surface area contributed by atoms with Gasteiger partial charge in [0.05, 0.1) is 0 Å². The summed E-state index contributed by atoms with van der Waals surface area (Å²) < 4.78 is 5.31. The first-order valence-corrected chi connectivity index (χ1v) is 4.18. The number of rotatable bonds is 0. The Bertz CT molecular complexity index is 433. The van der Waals surface area contributed by atoms with Crippen LogP contribution >= 0.6 is 12.6 Å². The predicted molar refractivity (Wildman–Crippen MR) is 50.7 cm³/mol. The van der Waals surface area contributed by atoms with Gasteiger partial charge in [0.1, 0.15) is 5.52 Å². The Labute approximate surface area is 76.0 Å². The third-order valence-electron chi connectivity index (χ3n) is 1.81. The van der Waals surface area contributed by atoms with Crippen LogP contribution in [0.2, 0.25) is 0 Å². The van der Waals surface area contributed by atoms with E-state index in [0.29, 0.717) is 5.22 Å². The molecule has 1 aromatic heterocycles.